The summed E-state index contributed by atoms with van der Waals surface area (Å²) in [6.07, 6.45) is 0.938. The second-order valence-electron chi connectivity index (χ2n) is 5.57. The molecule has 6 nitrogen and oxygen atoms in total. The van der Waals surface area contributed by atoms with Crippen molar-refractivity contribution in [2.24, 2.45) is 5.92 Å². The van der Waals surface area contributed by atoms with Crippen LogP contribution in [0.15, 0.2) is 0 Å². The summed E-state index contributed by atoms with van der Waals surface area (Å²) in [7, 11) is 3.82. The third-order valence-corrected chi connectivity index (χ3v) is 5.66. The van der Waals surface area contributed by atoms with Crippen molar-refractivity contribution in [1.29, 1.82) is 0 Å². The van der Waals surface area contributed by atoms with Crippen molar-refractivity contribution in [3.8, 4) is 0 Å². The Morgan fingerprint density at radius 2 is 1.89 bits per heavy atom. The van der Waals surface area contributed by atoms with Gasteiger partial charge in [0.15, 0.2) is 0 Å². The maximum absolute atomic E-state index is 12.3. The monoisotopic (exact) mass is 293 g/mol. The van der Waals surface area contributed by atoms with Gasteiger partial charge in [0, 0.05) is 26.7 Å². The van der Waals surface area contributed by atoms with Crippen molar-refractivity contribution in [2.75, 3.05) is 54.5 Å². The topological polar surface area (TPSA) is 53.1 Å². The Morgan fingerprint density at radius 1 is 1.26 bits per heavy atom. The predicted molar refractivity (Wildman–Crippen MR) is 76.3 cm³/mol. The lowest BCUT2D eigenvalue weighted by atomic mass is 9.98. The summed E-state index contributed by atoms with van der Waals surface area (Å²) < 4.78 is 33.1. The second kappa shape index (κ2) is 6.99. The molecule has 0 radical (unpaired) electrons. The van der Waals surface area contributed by atoms with E-state index < -0.39 is 10.2 Å². The van der Waals surface area contributed by atoms with E-state index in [4.69, 9.17) is 4.74 Å². The first-order valence-electron chi connectivity index (χ1n) is 6.68. The molecule has 0 saturated carbocycles. The van der Waals surface area contributed by atoms with E-state index >= 15 is 0 Å². The molecule has 1 fully saturated rings. The highest BCUT2D eigenvalue weighted by Crippen LogP contribution is 2.22. The molecule has 1 heterocycles. The lowest BCUT2D eigenvalue weighted by Crippen LogP contribution is -2.48. The van der Waals surface area contributed by atoms with E-state index in [9.17, 15) is 8.42 Å². The van der Waals surface area contributed by atoms with Crippen LogP contribution in [0, 0.1) is 5.92 Å². The smallest absolute Gasteiger partial charge is 0.281 e. The summed E-state index contributed by atoms with van der Waals surface area (Å²) >= 11 is 0. The van der Waals surface area contributed by atoms with Crippen LogP contribution in [0.25, 0.3) is 0 Å². The van der Waals surface area contributed by atoms with E-state index in [0.717, 1.165) is 13.0 Å². The molecule has 0 amide bonds. The maximum Gasteiger partial charge on any atom is 0.281 e. The summed E-state index contributed by atoms with van der Waals surface area (Å²) in [6, 6.07) is -0.0325. The first kappa shape index (κ1) is 16.8. The third-order valence-electron chi connectivity index (χ3n) is 3.63. The first-order chi connectivity index (χ1) is 8.76. The van der Waals surface area contributed by atoms with Crippen LogP contribution in [0.2, 0.25) is 0 Å². The van der Waals surface area contributed by atoms with Crippen LogP contribution < -0.4 is 0 Å². The fourth-order valence-electron chi connectivity index (χ4n) is 2.25. The molecular formula is C12H27N3O3S. The molecule has 19 heavy (non-hydrogen) atoms. The Bertz CT molecular complexity index is 370. The average molecular weight is 293 g/mol. The zero-order valence-corrected chi connectivity index (χ0v) is 13.5. The minimum Gasteiger partial charge on any atom is -0.380 e. The molecule has 1 aliphatic heterocycles. The van der Waals surface area contributed by atoms with Crippen molar-refractivity contribution >= 4 is 10.2 Å². The largest absolute Gasteiger partial charge is 0.380 e. The van der Waals surface area contributed by atoms with Crippen molar-refractivity contribution in [3.05, 3.63) is 0 Å². The van der Waals surface area contributed by atoms with Gasteiger partial charge in [0.05, 0.1) is 13.2 Å². The van der Waals surface area contributed by atoms with Gasteiger partial charge in [-0.25, -0.2) is 0 Å². The van der Waals surface area contributed by atoms with Crippen LogP contribution in [-0.2, 0) is 14.9 Å². The van der Waals surface area contributed by atoms with Gasteiger partial charge in [0.1, 0.15) is 0 Å². The van der Waals surface area contributed by atoms with Crippen molar-refractivity contribution < 1.29 is 13.2 Å². The highest BCUT2D eigenvalue weighted by atomic mass is 32.2. The molecule has 0 N–H and O–H groups in total. The molecule has 1 aliphatic rings. The number of rotatable bonds is 5. The Balaban J connectivity index is 2.82. The summed E-state index contributed by atoms with van der Waals surface area (Å²) in [5.41, 5.74) is 0. The molecule has 114 valence electrons. The van der Waals surface area contributed by atoms with Crippen LogP contribution in [0.4, 0.5) is 0 Å². The number of hydrogen-bond acceptors (Lipinski definition) is 4. The lowest BCUT2D eigenvalue weighted by Gasteiger charge is -2.32. The molecule has 1 rings (SSSR count). The summed E-state index contributed by atoms with van der Waals surface area (Å²) in [5, 5.41) is 0. The van der Waals surface area contributed by atoms with E-state index in [-0.39, 0.29) is 12.0 Å². The molecule has 7 heteroatoms. The van der Waals surface area contributed by atoms with Crippen LogP contribution in [0.5, 0.6) is 0 Å². The quantitative estimate of drug-likeness (QED) is 0.720. The van der Waals surface area contributed by atoms with E-state index in [2.05, 4.69) is 4.90 Å². The molecule has 1 saturated heterocycles. The minimum atomic E-state index is -3.37. The van der Waals surface area contributed by atoms with Gasteiger partial charge < -0.3 is 9.64 Å². The fourth-order valence-corrected chi connectivity index (χ4v) is 3.57. The normalized spacial score (nSPS) is 26.9. The fraction of sp³-hybridized carbons (Fsp3) is 1.00. The Labute approximate surface area is 117 Å². The molecule has 0 aromatic rings. The van der Waals surface area contributed by atoms with E-state index in [0.29, 0.717) is 19.8 Å². The van der Waals surface area contributed by atoms with Gasteiger partial charge in [0.25, 0.3) is 10.2 Å². The van der Waals surface area contributed by atoms with Gasteiger partial charge in [-0.2, -0.15) is 17.0 Å². The molecule has 0 unspecified atom stereocenters. The SMILES string of the molecule is C[C@@H]1[C@@H](CCN(C)C)COCCN1S(=O)(=O)N(C)C. The zero-order valence-electron chi connectivity index (χ0n) is 12.7. The average Bonchev–Trinajstić information content (AvgIpc) is 2.48. The summed E-state index contributed by atoms with van der Waals surface area (Å²) in [5.74, 6) is 0.236. The summed E-state index contributed by atoms with van der Waals surface area (Å²) in [4.78, 5) is 2.11. The standard InChI is InChI=1S/C12H27N3O3S/c1-11-12(6-7-13(2)3)10-18-9-8-15(11)19(16,17)14(4)5/h11-12H,6-10H2,1-5H3/t11-,12+/m1/s1. The Morgan fingerprint density at radius 3 is 2.42 bits per heavy atom. The maximum atomic E-state index is 12.3. The zero-order chi connectivity index (χ0) is 14.6. The minimum absolute atomic E-state index is 0.0325. The van der Waals surface area contributed by atoms with Crippen molar-refractivity contribution in [1.82, 2.24) is 13.5 Å². The third kappa shape index (κ3) is 4.39. The van der Waals surface area contributed by atoms with Crippen LogP contribution >= 0.6 is 0 Å². The first-order valence-corrected chi connectivity index (χ1v) is 8.08. The van der Waals surface area contributed by atoms with Crippen molar-refractivity contribution in [3.63, 3.8) is 0 Å². The summed E-state index contributed by atoms with van der Waals surface area (Å²) in [6.45, 7) is 4.45. The number of nitrogens with zero attached hydrogens (tertiary/aromatic N) is 3. The van der Waals surface area contributed by atoms with Gasteiger partial charge in [-0.1, -0.05) is 0 Å². The van der Waals surface area contributed by atoms with Gasteiger partial charge >= 0.3 is 0 Å². The predicted octanol–water partition coefficient (Wildman–Crippen LogP) is 0.0814. The molecule has 0 bridgehead atoms. The molecule has 0 aliphatic carbocycles. The van der Waals surface area contributed by atoms with Gasteiger partial charge in [-0.05, 0) is 39.9 Å². The number of ether oxygens (including phenoxy) is 1. The highest BCUT2D eigenvalue weighted by Gasteiger charge is 2.35. The van der Waals surface area contributed by atoms with Gasteiger partial charge in [-0.15, -0.1) is 0 Å². The Hall–Kier alpha value is -0.210. The van der Waals surface area contributed by atoms with Gasteiger partial charge in [0.2, 0.25) is 0 Å². The van der Waals surface area contributed by atoms with E-state index in [1.54, 1.807) is 18.4 Å². The number of hydrogen-bond donors (Lipinski definition) is 0. The molecule has 0 spiro atoms. The highest BCUT2D eigenvalue weighted by molar-refractivity contribution is 7.86. The molecule has 0 aromatic carbocycles. The molecule has 0 aromatic heterocycles. The van der Waals surface area contributed by atoms with E-state index in [1.165, 1.54) is 4.31 Å². The van der Waals surface area contributed by atoms with Gasteiger partial charge in [-0.3, -0.25) is 0 Å². The molecular weight excluding hydrogens is 266 g/mol. The molecule has 2 atom stereocenters. The second-order valence-corrected chi connectivity index (χ2v) is 7.66. The van der Waals surface area contributed by atoms with Crippen LogP contribution in [0.3, 0.4) is 0 Å². The van der Waals surface area contributed by atoms with Crippen LogP contribution in [-0.4, -0.2) is 82.5 Å². The lowest BCUT2D eigenvalue weighted by molar-refractivity contribution is 0.111. The van der Waals surface area contributed by atoms with E-state index in [1.807, 2.05) is 21.0 Å². The Kier molecular flexibility index (Phi) is 6.19. The van der Waals surface area contributed by atoms with Crippen LogP contribution in [0.1, 0.15) is 13.3 Å². The van der Waals surface area contributed by atoms with Crippen molar-refractivity contribution in [2.45, 2.75) is 19.4 Å².